The standard InChI is InChI=1S/C21H36N4O3S.HI/c1-5-22-20(23-10-11-25-12-14-29(27,28)15-13-25)24-16-19(26)17-6-8-18(9-7-17)21(2,3)4;/h6-9,19,26H,5,10-16H2,1-4H3,(H2,22,23,24);1H. The van der Waals surface area contributed by atoms with Crippen molar-refractivity contribution in [2.75, 3.05) is 50.8 Å². The summed E-state index contributed by atoms with van der Waals surface area (Å²) in [6.07, 6.45) is -0.660. The molecule has 1 heterocycles. The van der Waals surface area contributed by atoms with E-state index in [-0.39, 0.29) is 47.4 Å². The van der Waals surface area contributed by atoms with E-state index in [1.165, 1.54) is 5.56 Å². The molecular formula is C21H37IN4O3S. The second-order valence-corrected chi connectivity index (χ2v) is 10.8. The van der Waals surface area contributed by atoms with Crippen molar-refractivity contribution in [2.45, 2.75) is 39.2 Å². The van der Waals surface area contributed by atoms with E-state index in [0.717, 1.165) is 18.7 Å². The fourth-order valence-corrected chi connectivity index (χ4v) is 4.41. The van der Waals surface area contributed by atoms with Gasteiger partial charge in [-0.15, -0.1) is 24.0 Å². The number of sulfone groups is 1. The van der Waals surface area contributed by atoms with Gasteiger partial charge in [-0.1, -0.05) is 45.0 Å². The lowest BCUT2D eigenvalue weighted by Gasteiger charge is -2.26. The van der Waals surface area contributed by atoms with Crippen LogP contribution in [0.15, 0.2) is 29.3 Å². The van der Waals surface area contributed by atoms with Crippen LogP contribution in [-0.2, 0) is 15.3 Å². The Morgan fingerprint density at radius 2 is 1.77 bits per heavy atom. The van der Waals surface area contributed by atoms with Gasteiger partial charge in [0.1, 0.15) is 0 Å². The minimum atomic E-state index is -2.85. The Labute approximate surface area is 198 Å². The number of nitrogens with zero attached hydrogens (tertiary/aromatic N) is 2. The summed E-state index contributed by atoms with van der Waals surface area (Å²) in [7, 11) is -2.85. The molecule has 2 rings (SSSR count). The Morgan fingerprint density at radius 1 is 1.17 bits per heavy atom. The monoisotopic (exact) mass is 552 g/mol. The molecule has 1 saturated heterocycles. The van der Waals surface area contributed by atoms with Crippen molar-refractivity contribution in [1.29, 1.82) is 0 Å². The quantitative estimate of drug-likeness (QED) is 0.272. The number of rotatable bonds is 7. The number of aliphatic hydroxyl groups is 1. The van der Waals surface area contributed by atoms with Gasteiger partial charge in [0.15, 0.2) is 15.8 Å². The molecule has 0 radical (unpaired) electrons. The van der Waals surface area contributed by atoms with Gasteiger partial charge in [-0.25, -0.2) is 8.42 Å². The predicted molar refractivity (Wildman–Crippen MR) is 135 cm³/mol. The molecule has 30 heavy (non-hydrogen) atoms. The van der Waals surface area contributed by atoms with Crippen molar-refractivity contribution >= 4 is 39.8 Å². The Balaban J connectivity index is 0.00000450. The van der Waals surface area contributed by atoms with Crippen LogP contribution in [0.3, 0.4) is 0 Å². The molecular weight excluding hydrogens is 515 g/mol. The maximum Gasteiger partial charge on any atom is 0.191 e. The van der Waals surface area contributed by atoms with Crippen molar-refractivity contribution in [3.05, 3.63) is 35.4 Å². The molecule has 1 aliphatic rings. The molecule has 7 nitrogen and oxygen atoms in total. The number of guanidine groups is 1. The van der Waals surface area contributed by atoms with Gasteiger partial charge in [-0.2, -0.15) is 0 Å². The van der Waals surface area contributed by atoms with Gasteiger partial charge < -0.3 is 15.7 Å². The summed E-state index contributed by atoms with van der Waals surface area (Å²) >= 11 is 0. The molecule has 1 aromatic rings. The Kier molecular flexibility index (Phi) is 11.0. The first-order valence-corrected chi connectivity index (χ1v) is 12.2. The molecule has 1 aromatic carbocycles. The molecule has 0 spiro atoms. The normalized spacial score (nSPS) is 18.4. The molecule has 1 fully saturated rings. The molecule has 0 saturated carbocycles. The number of nitrogens with one attached hydrogen (secondary N) is 2. The van der Waals surface area contributed by atoms with Crippen molar-refractivity contribution < 1.29 is 13.5 Å². The summed E-state index contributed by atoms with van der Waals surface area (Å²) in [6.45, 7) is 12.1. The first kappa shape index (κ1) is 27.1. The number of aliphatic imine (C=N–C) groups is 1. The average Bonchev–Trinajstić information content (AvgIpc) is 2.66. The summed E-state index contributed by atoms with van der Waals surface area (Å²) in [4.78, 5) is 6.64. The lowest BCUT2D eigenvalue weighted by atomic mass is 9.86. The molecule has 172 valence electrons. The van der Waals surface area contributed by atoms with Crippen LogP contribution in [-0.4, -0.2) is 75.2 Å². The van der Waals surface area contributed by atoms with Gasteiger partial charge >= 0.3 is 0 Å². The summed E-state index contributed by atoms with van der Waals surface area (Å²) < 4.78 is 23.0. The van der Waals surface area contributed by atoms with Gasteiger partial charge in [0.25, 0.3) is 0 Å². The van der Waals surface area contributed by atoms with Crippen LogP contribution >= 0.6 is 24.0 Å². The highest BCUT2D eigenvalue weighted by Crippen LogP contribution is 2.24. The van der Waals surface area contributed by atoms with E-state index >= 15 is 0 Å². The van der Waals surface area contributed by atoms with Crippen molar-refractivity contribution in [3.8, 4) is 0 Å². The van der Waals surface area contributed by atoms with Crippen LogP contribution in [0.2, 0.25) is 0 Å². The summed E-state index contributed by atoms with van der Waals surface area (Å²) in [5.41, 5.74) is 2.17. The smallest absolute Gasteiger partial charge is 0.191 e. The van der Waals surface area contributed by atoms with E-state index in [1.54, 1.807) is 0 Å². The Morgan fingerprint density at radius 3 is 2.30 bits per heavy atom. The molecule has 0 bridgehead atoms. The third-order valence-electron chi connectivity index (χ3n) is 5.09. The van der Waals surface area contributed by atoms with Crippen LogP contribution in [0.4, 0.5) is 0 Å². The van der Waals surface area contributed by atoms with Crippen LogP contribution in [0, 0.1) is 0 Å². The lowest BCUT2D eigenvalue weighted by molar-refractivity contribution is 0.187. The van der Waals surface area contributed by atoms with Gasteiger partial charge in [-0.05, 0) is 23.5 Å². The number of halogens is 1. The van der Waals surface area contributed by atoms with Gasteiger partial charge in [0.2, 0.25) is 0 Å². The highest BCUT2D eigenvalue weighted by Gasteiger charge is 2.21. The van der Waals surface area contributed by atoms with Gasteiger partial charge in [0, 0.05) is 32.7 Å². The van der Waals surface area contributed by atoms with Gasteiger partial charge in [-0.3, -0.25) is 9.89 Å². The Hall–Kier alpha value is -0.910. The average molecular weight is 553 g/mol. The van der Waals surface area contributed by atoms with Crippen LogP contribution in [0.5, 0.6) is 0 Å². The van der Waals surface area contributed by atoms with Crippen LogP contribution in [0.1, 0.15) is 44.9 Å². The first-order chi connectivity index (χ1) is 13.6. The summed E-state index contributed by atoms with van der Waals surface area (Å²) in [5.74, 6) is 1.13. The number of benzene rings is 1. The summed E-state index contributed by atoms with van der Waals surface area (Å²) in [6, 6.07) is 8.05. The van der Waals surface area contributed by atoms with E-state index in [2.05, 4.69) is 53.4 Å². The molecule has 1 aliphatic heterocycles. The second kappa shape index (κ2) is 12.2. The van der Waals surface area contributed by atoms with E-state index in [1.807, 2.05) is 19.1 Å². The SMILES string of the molecule is CCNC(=NCC(O)c1ccc(C(C)(C)C)cc1)NCCN1CCS(=O)(=O)CC1.I. The third-order valence-corrected chi connectivity index (χ3v) is 6.69. The number of hydrogen-bond donors (Lipinski definition) is 3. The molecule has 1 atom stereocenters. The second-order valence-electron chi connectivity index (χ2n) is 8.53. The largest absolute Gasteiger partial charge is 0.386 e. The molecule has 0 aliphatic carbocycles. The molecule has 3 N–H and O–H groups in total. The van der Waals surface area contributed by atoms with E-state index in [0.29, 0.717) is 25.6 Å². The van der Waals surface area contributed by atoms with E-state index < -0.39 is 15.9 Å². The van der Waals surface area contributed by atoms with Crippen LogP contribution < -0.4 is 10.6 Å². The lowest BCUT2D eigenvalue weighted by Crippen LogP contribution is -2.46. The minimum Gasteiger partial charge on any atom is -0.386 e. The van der Waals surface area contributed by atoms with E-state index in [9.17, 15) is 13.5 Å². The molecule has 0 aromatic heterocycles. The Bertz CT molecular complexity index is 762. The summed E-state index contributed by atoms with van der Waals surface area (Å²) in [5, 5.41) is 16.9. The third kappa shape index (κ3) is 9.07. The zero-order valence-electron chi connectivity index (χ0n) is 18.5. The number of aliphatic hydroxyl groups excluding tert-OH is 1. The van der Waals surface area contributed by atoms with Crippen LogP contribution in [0.25, 0.3) is 0 Å². The zero-order valence-corrected chi connectivity index (χ0v) is 21.7. The zero-order chi connectivity index (χ0) is 21.5. The minimum absolute atomic E-state index is 0. The molecule has 1 unspecified atom stereocenters. The first-order valence-electron chi connectivity index (χ1n) is 10.3. The van der Waals surface area contributed by atoms with Gasteiger partial charge in [0.05, 0.1) is 24.2 Å². The highest BCUT2D eigenvalue weighted by atomic mass is 127. The topological polar surface area (TPSA) is 94.0 Å². The predicted octanol–water partition coefficient (Wildman–Crippen LogP) is 1.92. The fourth-order valence-electron chi connectivity index (χ4n) is 3.14. The van der Waals surface area contributed by atoms with Crippen molar-refractivity contribution in [2.24, 2.45) is 4.99 Å². The van der Waals surface area contributed by atoms with Crippen molar-refractivity contribution in [1.82, 2.24) is 15.5 Å². The maximum absolute atomic E-state index is 11.5. The number of hydrogen-bond acceptors (Lipinski definition) is 5. The molecule has 9 heteroatoms. The maximum atomic E-state index is 11.5. The highest BCUT2D eigenvalue weighted by molar-refractivity contribution is 14.0. The molecule has 0 amide bonds. The van der Waals surface area contributed by atoms with Crippen molar-refractivity contribution in [3.63, 3.8) is 0 Å². The van der Waals surface area contributed by atoms with E-state index in [4.69, 9.17) is 0 Å². The fraction of sp³-hybridized carbons (Fsp3) is 0.667.